The maximum Gasteiger partial charge on any atom is 0.223 e. The van der Waals surface area contributed by atoms with Crippen molar-refractivity contribution in [2.24, 2.45) is 0 Å². The quantitative estimate of drug-likeness (QED) is 0.768. The molecular formula is C17H14N2O2S. The molecule has 0 aliphatic heterocycles. The van der Waals surface area contributed by atoms with E-state index >= 15 is 0 Å². The Morgan fingerprint density at radius 2 is 1.68 bits per heavy atom. The van der Waals surface area contributed by atoms with Gasteiger partial charge in [0.25, 0.3) is 0 Å². The first-order valence-corrected chi connectivity index (χ1v) is 7.61. The molecule has 0 bridgehead atoms. The molecule has 3 aromatic rings. The van der Waals surface area contributed by atoms with Crippen LogP contribution in [0.25, 0.3) is 11.3 Å². The second-order valence-electron chi connectivity index (χ2n) is 4.62. The van der Waals surface area contributed by atoms with Crippen molar-refractivity contribution in [3.05, 3.63) is 60.7 Å². The van der Waals surface area contributed by atoms with E-state index in [1.165, 1.54) is 18.3 Å². The van der Waals surface area contributed by atoms with Crippen molar-refractivity contribution in [2.75, 3.05) is 5.32 Å². The highest BCUT2D eigenvalue weighted by molar-refractivity contribution is 7.18. The molecule has 5 heteroatoms. The number of benzene rings is 2. The van der Waals surface area contributed by atoms with Crippen LogP contribution in [0.2, 0.25) is 0 Å². The average Bonchev–Trinajstić information content (AvgIpc) is 2.91. The minimum absolute atomic E-state index is 0.153. The molecular weight excluding hydrogens is 296 g/mol. The van der Waals surface area contributed by atoms with Crippen LogP contribution in [-0.4, -0.2) is 10.9 Å². The lowest BCUT2D eigenvalue weighted by Crippen LogP contribution is -2.04. The average molecular weight is 310 g/mol. The Kier molecular flexibility index (Phi) is 4.16. The molecule has 3 rings (SSSR count). The lowest BCUT2D eigenvalue weighted by atomic mass is 10.2. The first kappa shape index (κ1) is 14.3. The van der Waals surface area contributed by atoms with E-state index in [1.807, 2.05) is 60.7 Å². The molecule has 0 saturated heterocycles. The number of nitrogens with one attached hydrogen (secondary N) is 1. The Morgan fingerprint density at radius 3 is 2.32 bits per heavy atom. The fourth-order valence-corrected chi connectivity index (χ4v) is 2.86. The van der Waals surface area contributed by atoms with Crippen LogP contribution in [0.15, 0.2) is 60.7 Å². The smallest absolute Gasteiger partial charge is 0.223 e. The van der Waals surface area contributed by atoms with Crippen LogP contribution in [-0.2, 0) is 4.79 Å². The molecule has 22 heavy (non-hydrogen) atoms. The van der Waals surface area contributed by atoms with Gasteiger partial charge in [-0.25, -0.2) is 4.98 Å². The van der Waals surface area contributed by atoms with E-state index in [-0.39, 0.29) is 5.91 Å². The second kappa shape index (κ2) is 6.41. The Morgan fingerprint density at radius 1 is 1.05 bits per heavy atom. The molecule has 0 radical (unpaired) electrons. The molecule has 4 nitrogen and oxygen atoms in total. The molecule has 2 aromatic carbocycles. The van der Waals surface area contributed by atoms with Crippen LogP contribution < -0.4 is 10.1 Å². The van der Waals surface area contributed by atoms with Gasteiger partial charge in [0.05, 0.1) is 0 Å². The molecule has 110 valence electrons. The Hall–Kier alpha value is -2.66. The summed E-state index contributed by atoms with van der Waals surface area (Å²) in [6.45, 7) is 1.46. The van der Waals surface area contributed by atoms with E-state index in [1.54, 1.807) is 0 Å². The first-order valence-electron chi connectivity index (χ1n) is 6.79. The molecule has 0 atom stereocenters. The Bertz CT molecular complexity index is 770. The van der Waals surface area contributed by atoms with Gasteiger partial charge in [0, 0.05) is 12.5 Å². The van der Waals surface area contributed by atoms with Crippen molar-refractivity contribution in [1.82, 2.24) is 4.98 Å². The molecule has 0 fully saturated rings. The number of anilines is 1. The predicted octanol–water partition coefficient (Wildman–Crippen LogP) is 4.56. The summed E-state index contributed by atoms with van der Waals surface area (Å²) < 4.78 is 5.93. The molecule has 0 saturated carbocycles. The maximum absolute atomic E-state index is 11.2. The van der Waals surface area contributed by atoms with Gasteiger partial charge < -0.3 is 10.1 Å². The molecule has 0 spiro atoms. The van der Waals surface area contributed by atoms with Gasteiger partial charge in [0.2, 0.25) is 11.0 Å². The topological polar surface area (TPSA) is 51.2 Å². The van der Waals surface area contributed by atoms with Crippen molar-refractivity contribution in [3.63, 3.8) is 0 Å². The van der Waals surface area contributed by atoms with E-state index in [9.17, 15) is 4.79 Å². The number of aromatic nitrogens is 1. The fourth-order valence-electron chi connectivity index (χ4n) is 1.95. The number of hydrogen-bond donors (Lipinski definition) is 1. The lowest BCUT2D eigenvalue weighted by molar-refractivity contribution is -0.114. The molecule has 1 aromatic heterocycles. The number of carbonyl (C=O) groups is 1. The zero-order valence-corrected chi connectivity index (χ0v) is 12.8. The van der Waals surface area contributed by atoms with Gasteiger partial charge in [0.15, 0.2) is 5.13 Å². The third kappa shape index (κ3) is 3.32. The number of nitrogens with zero attached hydrogens (tertiary/aromatic N) is 1. The van der Waals surface area contributed by atoms with Gasteiger partial charge in [-0.1, -0.05) is 59.9 Å². The van der Waals surface area contributed by atoms with Crippen LogP contribution in [0.4, 0.5) is 5.13 Å². The Balaban J connectivity index is 1.99. The number of rotatable bonds is 4. The minimum Gasteiger partial charge on any atom is -0.444 e. The third-order valence-electron chi connectivity index (χ3n) is 2.88. The summed E-state index contributed by atoms with van der Waals surface area (Å²) in [4.78, 5) is 15.7. The highest BCUT2D eigenvalue weighted by Crippen LogP contribution is 2.40. The normalized spacial score (nSPS) is 10.2. The van der Waals surface area contributed by atoms with E-state index in [2.05, 4.69) is 10.3 Å². The molecule has 1 heterocycles. The van der Waals surface area contributed by atoms with Crippen LogP contribution in [0, 0.1) is 0 Å². The largest absolute Gasteiger partial charge is 0.444 e. The fraction of sp³-hybridized carbons (Fsp3) is 0.0588. The second-order valence-corrected chi connectivity index (χ2v) is 5.58. The molecule has 0 aliphatic carbocycles. The van der Waals surface area contributed by atoms with Crippen molar-refractivity contribution >= 4 is 22.4 Å². The summed E-state index contributed by atoms with van der Waals surface area (Å²) >= 11 is 1.31. The zero-order chi connectivity index (χ0) is 15.4. The standard InChI is InChI=1S/C17H14N2O2S/c1-12(20)18-17-19-15(13-8-4-2-5-9-13)16(22-17)21-14-10-6-3-7-11-14/h2-11H,1H3,(H,18,19,20). The van der Waals surface area contributed by atoms with Gasteiger partial charge in [-0.3, -0.25) is 4.79 Å². The minimum atomic E-state index is -0.153. The molecule has 1 amide bonds. The van der Waals surface area contributed by atoms with Crippen molar-refractivity contribution < 1.29 is 9.53 Å². The zero-order valence-electron chi connectivity index (χ0n) is 11.9. The number of carbonyl (C=O) groups excluding carboxylic acids is 1. The molecule has 0 unspecified atom stereocenters. The van der Waals surface area contributed by atoms with Crippen LogP contribution >= 0.6 is 11.3 Å². The lowest BCUT2D eigenvalue weighted by Gasteiger charge is -2.04. The summed E-state index contributed by atoms with van der Waals surface area (Å²) in [6, 6.07) is 19.3. The Labute approximate surface area is 132 Å². The maximum atomic E-state index is 11.2. The van der Waals surface area contributed by atoms with Gasteiger partial charge in [-0.15, -0.1) is 0 Å². The van der Waals surface area contributed by atoms with E-state index in [0.29, 0.717) is 10.2 Å². The van der Waals surface area contributed by atoms with Crippen LogP contribution in [0.1, 0.15) is 6.92 Å². The molecule has 0 aliphatic rings. The van der Waals surface area contributed by atoms with Crippen LogP contribution in [0.3, 0.4) is 0 Å². The van der Waals surface area contributed by atoms with Gasteiger partial charge >= 0.3 is 0 Å². The van der Waals surface area contributed by atoms with E-state index in [0.717, 1.165) is 17.0 Å². The van der Waals surface area contributed by atoms with E-state index in [4.69, 9.17) is 4.74 Å². The highest BCUT2D eigenvalue weighted by atomic mass is 32.1. The number of thiazole rings is 1. The monoisotopic (exact) mass is 310 g/mol. The SMILES string of the molecule is CC(=O)Nc1nc(-c2ccccc2)c(Oc2ccccc2)s1. The third-order valence-corrected chi connectivity index (χ3v) is 3.73. The highest BCUT2D eigenvalue weighted by Gasteiger charge is 2.15. The summed E-state index contributed by atoms with van der Waals surface area (Å²) in [7, 11) is 0. The van der Waals surface area contributed by atoms with E-state index < -0.39 is 0 Å². The number of amides is 1. The van der Waals surface area contributed by atoms with Gasteiger partial charge in [-0.2, -0.15) is 0 Å². The first-order chi connectivity index (χ1) is 10.7. The van der Waals surface area contributed by atoms with Gasteiger partial charge in [-0.05, 0) is 12.1 Å². The summed E-state index contributed by atoms with van der Waals surface area (Å²) in [5.74, 6) is 0.581. The van der Waals surface area contributed by atoms with Crippen molar-refractivity contribution in [1.29, 1.82) is 0 Å². The summed E-state index contributed by atoms with van der Waals surface area (Å²) in [6.07, 6.45) is 0. The summed E-state index contributed by atoms with van der Waals surface area (Å²) in [5.41, 5.74) is 1.67. The van der Waals surface area contributed by atoms with Gasteiger partial charge in [0.1, 0.15) is 11.4 Å². The van der Waals surface area contributed by atoms with Crippen LogP contribution in [0.5, 0.6) is 10.8 Å². The number of ether oxygens (including phenoxy) is 1. The summed E-state index contributed by atoms with van der Waals surface area (Å²) in [5, 5.41) is 3.89. The number of para-hydroxylation sites is 1. The number of hydrogen-bond acceptors (Lipinski definition) is 4. The molecule has 1 N–H and O–H groups in total. The predicted molar refractivity (Wildman–Crippen MR) is 88.4 cm³/mol. The van der Waals surface area contributed by atoms with Crippen molar-refractivity contribution in [2.45, 2.75) is 6.92 Å². The van der Waals surface area contributed by atoms with Crippen molar-refractivity contribution in [3.8, 4) is 22.1 Å².